The van der Waals surface area contributed by atoms with E-state index in [1.54, 1.807) is 0 Å². The van der Waals surface area contributed by atoms with E-state index in [0.717, 1.165) is 12.8 Å². The lowest BCUT2D eigenvalue weighted by molar-refractivity contribution is 0.0901. The SMILES string of the molecule is CN(C)C1(CNC(=O)c2ccc(F)cc2N)CCCC1. The van der Waals surface area contributed by atoms with Crippen LogP contribution in [-0.4, -0.2) is 37.0 Å². The number of carbonyl (C=O) groups is 1. The first-order chi connectivity index (χ1) is 9.44. The molecular weight excluding hydrogens is 257 g/mol. The zero-order chi connectivity index (χ0) is 14.8. The van der Waals surface area contributed by atoms with E-state index in [-0.39, 0.29) is 17.1 Å². The number of anilines is 1. The van der Waals surface area contributed by atoms with Gasteiger partial charge in [0.2, 0.25) is 0 Å². The number of likely N-dealkylation sites (N-methyl/N-ethyl adjacent to an activating group) is 1. The Balaban J connectivity index is 2.04. The highest BCUT2D eigenvalue weighted by Crippen LogP contribution is 2.33. The maximum atomic E-state index is 13.0. The number of benzene rings is 1. The molecule has 0 unspecified atom stereocenters. The summed E-state index contributed by atoms with van der Waals surface area (Å²) in [7, 11) is 4.09. The first-order valence-corrected chi connectivity index (χ1v) is 6.95. The van der Waals surface area contributed by atoms with Crippen LogP contribution in [-0.2, 0) is 0 Å². The molecular formula is C15H22FN3O. The maximum absolute atomic E-state index is 13.0. The number of nitrogen functional groups attached to an aromatic ring is 1. The minimum atomic E-state index is -0.431. The third kappa shape index (κ3) is 2.93. The fourth-order valence-corrected chi connectivity index (χ4v) is 2.90. The minimum Gasteiger partial charge on any atom is -0.398 e. The molecule has 0 aromatic heterocycles. The topological polar surface area (TPSA) is 58.4 Å². The standard InChI is InChI=1S/C15H22FN3O/c1-19(2)15(7-3-4-8-15)10-18-14(20)12-6-5-11(16)9-13(12)17/h5-6,9H,3-4,7-8,10,17H2,1-2H3,(H,18,20). The van der Waals surface area contributed by atoms with Gasteiger partial charge in [0.1, 0.15) is 5.82 Å². The largest absolute Gasteiger partial charge is 0.398 e. The Labute approximate surface area is 119 Å². The maximum Gasteiger partial charge on any atom is 0.253 e. The summed E-state index contributed by atoms with van der Waals surface area (Å²) < 4.78 is 13.0. The van der Waals surface area contributed by atoms with Crippen LogP contribution in [0.2, 0.25) is 0 Å². The van der Waals surface area contributed by atoms with Crippen molar-refractivity contribution in [2.45, 2.75) is 31.2 Å². The molecule has 0 aliphatic heterocycles. The first-order valence-electron chi connectivity index (χ1n) is 6.95. The molecule has 110 valence electrons. The molecule has 1 amide bonds. The van der Waals surface area contributed by atoms with Crippen molar-refractivity contribution in [1.29, 1.82) is 0 Å². The van der Waals surface area contributed by atoms with Gasteiger partial charge in [-0.25, -0.2) is 4.39 Å². The number of nitrogens with one attached hydrogen (secondary N) is 1. The molecule has 1 saturated carbocycles. The second kappa shape index (κ2) is 5.79. The molecule has 1 aliphatic carbocycles. The van der Waals surface area contributed by atoms with Gasteiger partial charge in [-0.2, -0.15) is 0 Å². The van der Waals surface area contributed by atoms with Crippen molar-refractivity contribution < 1.29 is 9.18 Å². The van der Waals surface area contributed by atoms with E-state index in [2.05, 4.69) is 10.2 Å². The molecule has 1 aliphatic rings. The quantitative estimate of drug-likeness (QED) is 0.829. The van der Waals surface area contributed by atoms with Gasteiger partial charge in [-0.3, -0.25) is 4.79 Å². The summed E-state index contributed by atoms with van der Waals surface area (Å²) in [6.07, 6.45) is 4.54. The van der Waals surface area contributed by atoms with Gasteiger partial charge in [0.05, 0.1) is 5.56 Å². The van der Waals surface area contributed by atoms with E-state index >= 15 is 0 Å². The van der Waals surface area contributed by atoms with Crippen LogP contribution in [0.25, 0.3) is 0 Å². The highest BCUT2D eigenvalue weighted by atomic mass is 19.1. The smallest absolute Gasteiger partial charge is 0.253 e. The van der Waals surface area contributed by atoms with Crippen LogP contribution in [0.3, 0.4) is 0 Å². The van der Waals surface area contributed by atoms with Gasteiger partial charge in [0.15, 0.2) is 0 Å². The zero-order valence-corrected chi connectivity index (χ0v) is 12.1. The molecule has 0 heterocycles. The third-order valence-electron chi connectivity index (χ3n) is 4.32. The molecule has 0 atom stereocenters. The van der Waals surface area contributed by atoms with Crippen LogP contribution >= 0.6 is 0 Å². The summed E-state index contributed by atoms with van der Waals surface area (Å²) in [5, 5.41) is 2.94. The average Bonchev–Trinajstić information content (AvgIpc) is 2.86. The summed E-state index contributed by atoms with van der Waals surface area (Å²) in [6.45, 7) is 0.593. The Bertz CT molecular complexity index is 496. The van der Waals surface area contributed by atoms with E-state index < -0.39 is 5.82 Å². The van der Waals surface area contributed by atoms with E-state index in [0.29, 0.717) is 12.1 Å². The Kier molecular flexibility index (Phi) is 4.28. The van der Waals surface area contributed by atoms with Crippen LogP contribution in [0, 0.1) is 5.82 Å². The Hall–Kier alpha value is -1.62. The number of halogens is 1. The number of carbonyl (C=O) groups excluding carboxylic acids is 1. The molecule has 3 N–H and O–H groups in total. The third-order valence-corrected chi connectivity index (χ3v) is 4.32. The van der Waals surface area contributed by atoms with Crippen LogP contribution < -0.4 is 11.1 Å². The molecule has 0 spiro atoms. The molecule has 4 nitrogen and oxygen atoms in total. The van der Waals surface area contributed by atoms with Gasteiger partial charge in [-0.15, -0.1) is 0 Å². The van der Waals surface area contributed by atoms with E-state index in [1.807, 2.05) is 14.1 Å². The Morgan fingerprint density at radius 2 is 2.05 bits per heavy atom. The van der Waals surface area contributed by atoms with Gasteiger partial charge < -0.3 is 16.0 Å². The summed E-state index contributed by atoms with van der Waals surface area (Å²) in [5.74, 6) is -0.671. The number of nitrogens with zero attached hydrogens (tertiary/aromatic N) is 1. The van der Waals surface area contributed by atoms with E-state index in [1.165, 1.54) is 31.0 Å². The lowest BCUT2D eigenvalue weighted by Gasteiger charge is -2.36. The van der Waals surface area contributed by atoms with Crippen molar-refractivity contribution in [2.75, 3.05) is 26.4 Å². The van der Waals surface area contributed by atoms with Gasteiger partial charge in [0, 0.05) is 17.8 Å². The highest BCUT2D eigenvalue weighted by Gasteiger charge is 2.36. The van der Waals surface area contributed by atoms with Crippen molar-refractivity contribution in [1.82, 2.24) is 10.2 Å². The molecule has 0 saturated heterocycles. The van der Waals surface area contributed by atoms with Gasteiger partial charge in [-0.05, 0) is 45.1 Å². The number of rotatable bonds is 4. The monoisotopic (exact) mass is 279 g/mol. The zero-order valence-electron chi connectivity index (χ0n) is 12.1. The lowest BCUT2D eigenvalue weighted by Crippen LogP contribution is -2.50. The van der Waals surface area contributed by atoms with Crippen molar-refractivity contribution in [3.8, 4) is 0 Å². The van der Waals surface area contributed by atoms with Crippen molar-refractivity contribution in [3.63, 3.8) is 0 Å². The van der Waals surface area contributed by atoms with Crippen LogP contribution in [0.4, 0.5) is 10.1 Å². The fraction of sp³-hybridized carbons (Fsp3) is 0.533. The van der Waals surface area contributed by atoms with E-state index in [4.69, 9.17) is 5.73 Å². The number of nitrogens with two attached hydrogens (primary N) is 1. The molecule has 20 heavy (non-hydrogen) atoms. The van der Waals surface area contributed by atoms with Gasteiger partial charge in [0.25, 0.3) is 5.91 Å². The summed E-state index contributed by atoms with van der Waals surface area (Å²) in [5.41, 5.74) is 6.23. The minimum absolute atomic E-state index is 0.0322. The first kappa shape index (κ1) is 14.8. The van der Waals surface area contributed by atoms with Crippen molar-refractivity contribution in [2.24, 2.45) is 0 Å². The highest BCUT2D eigenvalue weighted by molar-refractivity contribution is 5.99. The fourth-order valence-electron chi connectivity index (χ4n) is 2.90. The van der Waals surface area contributed by atoms with Gasteiger partial charge in [-0.1, -0.05) is 12.8 Å². The number of amides is 1. The second-order valence-electron chi connectivity index (χ2n) is 5.74. The van der Waals surface area contributed by atoms with Crippen LogP contribution in [0.15, 0.2) is 18.2 Å². The Morgan fingerprint density at radius 3 is 2.60 bits per heavy atom. The second-order valence-corrected chi connectivity index (χ2v) is 5.74. The molecule has 1 aromatic rings. The summed E-state index contributed by atoms with van der Waals surface area (Å²) in [6, 6.07) is 3.85. The molecule has 0 bridgehead atoms. The molecule has 0 radical (unpaired) electrons. The predicted molar refractivity (Wildman–Crippen MR) is 78.0 cm³/mol. The van der Waals surface area contributed by atoms with Crippen LogP contribution in [0.5, 0.6) is 0 Å². The van der Waals surface area contributed by atoms with Crippen molar-refractivity contribution >= 4 is 11.6 Å². The Morgan fingerprint density at radius 1 is 1.40 bits per heavy atom. The lowest BCUT2D eigenvalue weighted by atomic mass is 9.96. The molecule has 2 rings (SSSR count). The normalized spacial score (nSPS) is 17.4. The number of hydrogen-bond acceptors (Lipinski definition) is 3. The predicted octanol–water partition coefficient (Wildman–Crippen LogP) is 2.01. The number of hydrogen-bond donors (Lipinski definition) is 2. The molecule has 1 fully saturated rings. The van der Waals surface area contributed by atoms with Crippen LogP contribution in [0.1, 0.15) is 36.0 Å². The van der Waals surface area contributed by atoms with E-state index in [9.17, 15) is 9.18 Å². The summed E-state index contributed by atoms with van der Waals surface area (Å²) in [4.78, 5) is 14.4. The average molecular weight is 279 g/mol. The van der Waals surface area contributed by atoms with Gasteiger partial charge >= 0.3 is 0 Å². The summed E-state index contributed by atoms with van der Waals surface area (Å²) >= 11 is 0. The molecule has 1 aromatic carbocycles. The molecule has 5 heteroatoms. The van der Waals surface area contributed by atoms with Crippen molar-refractivity contribution in [3.05, 3.63) is 29.6 Å².